The van der Waals surface area contributed by atoms with E-state index in [0.29, 0.717) is 13.2 Å². The maximum Gasteiger partial charge on any atom is 0.139 e. The lowest BCUT2D eigenvalue weighted by molar-refractivity contribution is 0.0658. The summed E-state index contributed by atoms with van der Waals surface area (Å²) in [6.45, 7) is 5.05. The summed E-state index contributed by atoms with van der Waals surface area (Å²) in [6, 6.07) is 0. The first-order chi connectivity index (χ1) is 8.61. The van der Waals surface area contributed by atoms with Crippen LogP contribution in [0.3, 0.4) is 0 Å². The second-order valence-electron chi connectivity index (χ2n) is 5.57. The third kappa shape index (κ3) is 3.33. The lowest BCUT2D eigenvalue weighted by Gasteiger charge is -2.27. The van der Waals surface area contributed by atoms with Gasteiger partial charge in [-0.2, -0.15) is 0 Å². The van der Waals surface area contributed by atoms with Crippen molar-refractivity contribution in [1.29, 1.82) is 0 Å². The lowest BCUT2D eigenvalue weighted by atomic mass is 9.92. The molecule has 1 aromatic heterocycles. The molecule has 0 atom stereocenters. The van der Waals surface area contributed by atoms with Crippen molar-refractivity contribution in [3.63, 3.8) is 0 Å². The minimum Gasteiger partial charge on any atom is -0.375 e. The SMILES string of the molecule is Cc1noc(C)c1COCC1(N)CCCCCC1. The number of hydrogen-bond donors (Lipinski definition) is 1. The fraction of sp³-hybridized carbons (Fsp3) is 0.786. The first-order valence-electron chi connectivity index (χ1n) is 6.89. The van der Waals surface area contributed by atoms with Gasteiger partial charge in [0.2, 0.25) is 0 Å². The molecule has 1 aromatic rings. The molecule has 102 valence electrons. The van der Waals surface area contributed by atoms with E-state index in [-0.39, 0.29) is 5.54 Å². The Morgan fingerprint density at radius 2 is 1.89 bits per heavy atom. The quantitative estimate of drug-likeness (QED) is 0.837. The number of aromatic nitrogens is 1. The third-order valence-corrected chi connectivity index (χ3v) is 3.92. The van der Waals surface area contributed by atoms with Crippen molar-refractivity contribution in [2.75, 3.05) is 6.61 Å². The van der Waals surface area contributed by atoms with Crippen LogP contribution < -0.4 is 5.73 Å². The molecule has 0 aliphatic heterocycles. The number of ether oxygens (including phenoxy) is 1. The zero-order valence-electron chi connectivity index (χ0n) is 11.5. The van der Waals surface area contributed by atoms with Crippen molar-refractivity contribution < 1.29 is 9.26 Å². The van der Waals surface area contributed by atoms with Crippen molar-refractivity contribution in [3.8, 4) is 0 Å². The van der Waals surface area contributed by atoms with Gasteiger partial charge in [-0.25, -0.2) is 0 Å². The van der Waals surface area contributed by atoms with Crippen molar-refractivity contribution in [2.45, 2.75) is 64.5 Å². The molecule has 4 nitrogen and oxygen atoms in total. The lowest BCUT2D eigenvalue weighted by Crippen LogP contribution is -2.43. The maximum absolute atomic E-state index is 6.41. The number of nitrogens with two attached hydrogens (primary N) is 1. The van der Waals surface area contributed by atoms with Crippen molar-refractivity contribution in [1.82, 2.24) is 5.16 Å². The normalized spacial score (nSPS) is 19.7. The van der Waals surface area contributed by atoms with Gasteiger partial charge in [0.25, 0.3) is 0 Å². The van der Waals surface area contributed by atoms with E-state index in [9.17, 15) is 0 Å². The van der Waals surface area contributed by atoms with Crippen LogP contribution in [0.5, 0.6) is 0 Å². The molecule has 0 spiro atoms. The summed E-state index contributed by atoms with van der Waals surface area (Å²) in [4.78, 5) is 0. The summed E-state index contributed by atoms with van der Waals surface area (Å²) in [6.07, 6.45) is 7.23. The van der Waals surface area contributed by atoms with E-state index in [2.05, 4.69) is 5.16 Å². The first-order valence-corrected chi connectivity index (χ1v) is 6.89. The number of aryl methyl sites for hydroxylation is 2. The summed E-state index contributed by atoms with van der Waals surface area (Å²) in [7, 11) is 0. The summed E-state index contributed by atoms with van der Waals surface area (Å²) >= 11 is 0. The van der Waals surface area contributed by atoms with Crippen LogP contribution in [0.15, 0.2) is 4.52 Å². The molecule has 2 rings (SSSR count). The molecule has 0 saturated heterocycles. The van der Waals surface area contributed by atoms with Gasteiger partial charge in [0.1, 0.15) is 5.76 Å². The molecule has 0 bridgehead atoms. The zero-order valence-corrected chi connectivity index (χ0v) is 11.5. The van der Waals surface area contributed by atoms with Crippen LogP contribution >= 0.6 is 0 Å². The van der Waals surface area contributed by atoms with Gasteiger partial charge in [-0.05, 0) is 26.7 Å². The van der Waals surface area contributed by atoms with Crippen molar-refractivity contribution in [3.05, 3.63) is 17.0 Å². The average Bonchev–Trinajstić information content (AvgIpc) is 2.55. The summed E-state index contributed by atoms with van der Waals surface area (Å²) < 4.78 is 10.9. The summed E-state index contributed by atoms with van der Waals surface area (Å²) in [5.74, 6) is 0.847. The topological polar surface area (TPSA) is 61.3 Å². The van der Waals surface area contributed by atoms with E-state index in [1.807, 2.05) is 13.8 Å². The highest BCUT2D eigenvalue weighted by atomic mass is 16.5. The molecule has 1 aliphatic carbocycles. The van der Waals surface area contributed by atoms with Gasteiger partial charge in [0.15, 0.2) is 0 Å². The number of rotatable bonds is 4. The highest BCUT2D eigenvalue weighted by molar-refractivity contribution is 5.19. The second kappa shape index (κ2) is 5.85. The predicted molar refractivity (Wildman–Crippen MR) is 70.3 cm³/mol. The Bertz CT molecular complexity index is 360. The molecule has 18 heavy (non-hydrogen) atoms. The van der Waals surface area contributed by atoms with Crippen LogP contribution in [-0.2, 0) is 11.3 Å². The van der Waals surface area contributed by atoms with Crippen LogP contribution in [0.1, 0.15) is 55.5 Å². The Kier molecular flexibility index (Phi) is 4.40. The number of hydrogen-bond acceptors (Lipinski definition) is 4. The van der Waals surface area contributed by atoms with Crippen LogP contribution in [0, 0.1) is 13.8 Å². The highest BCUT2D eigenvalue weighted by Gasteiger charge is 2.26. The van der Waals surface area contributed by atoms with Crippen LogP contribution in [0.2, 0.25) is 0 Å². The molecular weight excluding hydrogens is 228 g/mol. The van der Waals surface area contributed by atoms with Gasteiger partial charge in [0.05, 0.1) is 18.9 Å². The molecule has 1 fully saturated rings. The van der Waals surface area contributed by atoms with Crippen LogP contribution in [0.4, 0.5) is 0 Å². The Balaban J connectivity index is 1.84. The Labute approximate surface area is 109 Å². The molecule has 0 unspecified atom stereocenters. The maximum atomic E-state index is 6.41. The molecule has 1 saturated carbocycles. The molecule has 0 amide bonds. The first kappa shape index (κ1) is 13.6. The predicted octanol–water partition coefficient (Wildman–Crippen LogP) is 2.86. The largest absolute Gasteiger partial charge is 0.375 e. The van der Waals surface area contributed by atoms with Gasteiger partial charge in [-0.15, -0.1) is 0 Å². The van der Waals surface area contributed by atoms with E-state index in [1.165, 1.54) is 25.7 Å². The molecule has 2 N–H and O–H groups in total. The Morgan fingerprint density at radius 1 is 1.22 bits per heavy atom. The van der Waals surface area contributed by atoms with E-state index in [1.54, 1.807) is 0 Å². The van der Waals surface area contributed by atoms with Gasteiger partial charge in [-0.3, -0.25) is 0 Å². The summed E-state index contributed by atoms with van der Waals surface area (Å²) in [5.41, 5.74) is 8.26. The molecular formula is C14H24N2O2. The second-order valence-corrected chi connectivity index (χ2v) is 5.57. The molecule has 1 aliphatic rings. The van der Waals surface area contributed by atoms with Gasteiger partial charge >= 0.3 is 0 Å². The monoisotopic (exact) mass is 252 g/mol. The Hall–Kier alpha value is -0.870. The minimum absolute atomic E-state index is 0.129. The average molecular weight is 252 g/mol. The van der Waals surface area contributed by atoms with E-state index in [4.69, 9.17) is 15.0 Å². The molecule has 0 aromatic carbocycles. The fourth-order valence-electron chi connectivity index (χ4n) is 2.64. The van der Waals surface area contributed by atoms with Crippen LogP contribution in [-0.4, -0.2) is 17.3 Å². The van der Waals surface area contributed by atoms with Crippen molar-refractivity contribution >= 4 is 0 Å². The third-order valence-electron chi connectivity index (χ3n) is 3.92. The van der Waals surface area contributed by atoms with E-state index >= 15 is 0 Å². The van der Waals surface area contributed by atoms with Gasteiger partial charge < -0.3 is 15.0 Å². The van der Waals surface area contributed by atoms with Crippen molar-refractivity contribution in [2.24, 2.45) is 5.73 Å². The van der Waals surface area contributed by atoms with Crippen LogP contribution in [0.25, 0.3) is 0 Å². The zero-order chi connectivity index (χ0) is 13.0. The van der Waals surface area contributed by atoms with Gasteiger partial charge in [-0.1, -0.05) is 30.8 Å². The number of nitrogens with zero attached hydrogens (tertiary/aromatic N) is 1. The standard InChI is InChI=1S/C14H24N2O2/c1-11-13(12(2)18-16-11)9-17-10-14(15)7-5-3-4-6-8-14/h3-10,15H2,1-2H3. The Morgan fingerprint density at radius 3 is 2.44 bits per heavy atom. The molecule has 1 heterocycles. The van der Waals surface area contributed by atoms with E-state index < -0.39 is 0 Å². The summed E-state index contributed by atoms with van der Waals surface area (Å²) in [5, 5.41) is 3.93. The van der Waals surface area contributed by atoms with Gasteiger partial charge in [0, 0.05) is 11.1 Å². The fourth-order valence-corrected chi connectivity index (χ4v) is 2.64. The smallest absolute Gasteiger partial charge is 0.139 e. The molecule has 4 heteroatoms. The van der Waals surface area contributed by atoms with E-state index in [0.717, 1.165) is 29.9 Å². The minimum atomic E-state index is -0.129. The molecule has 0 radical (unpaired) electrons. The highest BCUT2D eigenvalue weighted by Crippen LogP contribution is 2.25.